The summed E-state index contributed by atoms with van der Waals surface area (Å²) < 4.78 is 1.51. The number of hydrogen-bond donors (Lipinski definition) is 1. The summed E-state index contributed by atoms with van der Waals surface area (Å²) >= 11 is 8.64. The second-order valence-electron chi connectivity index (χ2n) is 5.74. The molecule has 0 unspecified atom stereocenters. The van der Waals surface area contributed by atoms with E-state index in [1.807, 2.05) is 18.2 Å². The quantitative estimate of drug-likeness (QED) is 0.500. The fourth-order valence-electron chi connectivity index (χ4n) is 2.38. The van der Waals surface area contributed by atoms with E-state index in [0.717, 1.165) is 21.7 Å². The van der Waals surface area contributed by atoms with Crippen molar-refractivity contribution in [3.63, 3.8) is 0 Å². The van der Waals surface area contributed by atoms with Crippen LogP contribution in [0.25, 0.3) is 10.2 Å². The van der Waals surface area contributed by atoms with Crippen LogP contribution in [0, 0.1) is 0 Å². The lowest BCUT2D eigenvalue weighted by Crippen LogP contribution is -2.25. The number of carbonyl (C=O) groups is 1. The highest BCUT2D eigenvalue weighted by Gasteiger charge is 2.13. The fraction of sp³-hybridized carbons (Fsp3) is 0.278. The van der Waals surface area contributed by atoms with Crippen LogP contribution in [0.4, 0.5) is 0 Å². The van der Waals surface area contributed by atoms with Crippen molar-refractivity contribution in [1.29, 1.82) is 0 Å². The first kappa shape index (κ1) is 18.9. The van der Waals surface area contributed by atoms with Crippen molar-refractivity contribution in [2.75, 3.05) is 5.75 Å². The van der Waals surface area contributed by atoms with Crippen LogP contribution in [-0.2, 0) is 24.8 Å². The Morgan fingerprint density at radius 2 is 2.08 bits per heavy atom. The van der Waals surface area contributed by atoms with Gasteiger partial charge in [-0.1, -0.05) is 42.4 Å². The van der Waals surface area contributed by atoms with Crippen LogP contribution in [0.2, 0.25) is 5.02 Å². The van der Waals surface area contributed by atoms with Crippen molar-refractivity contribution in [3.05, 3.63) is 56.1 Å². The molecule has 0 fully saturated rings. The van der Waals surface area contributed by atoms with Gasteiger partial charge >= 0.3 is 0 Å². The van der Waals surface area contributed by atoms with Gasteiger partial charge in [-0.3, -0.25) is 14.2 Å². The number of aryl methyl sites for hydroxylation is 1. The predicted octanol–water partition coefficient (Wildman–Crippen LogP) is 3.62. The number of aromatic nitrogens is 2. The van der Waals surface area contributed by atoms with Crippen molar-refractivity contribution in [3.8, 4) is 0 Å². The highest BCUT2D eigenvalue weighted by atomic mass is 35.5. The molecule has 8 heteroatoms. The van der Waals surface area contributed by atoms with Gasteiger partial charge < -0.3 is 5.32 Å². The summed E-state index contributed by atoms with van der Waals surface area (Å²) in [4.78, 5) is 31.0. The molecule has 1 amide bonds. The lowest BCUT2D eigenvalue weighted by molar-refractivity contribution is -0.118. The molecule has 3 aromatic rings. The summed E-state index contributed by atoms with van der Waals surface area (Å²) in [6.45, 7) is 2.49. The number of thioether (sulfide) groups is 1. The minimum absolute atomic E-state index is 0.0741. The van der Waals surface area contributed by atoms with Crippen LogP contribution < -0.4 is 10.9 Å². The zero-order valence-electron chi connectivity index (χ0n) is 14.4. The standard InChI is InChI=1S/C18H18ClN3O2S2/c1-3-13-8-14-16(26-13)21-18(22(2)17(14)24)25-10-15(23)20-9-11-4-6-12(19)7-5-11/h4-8H,3,9-10H2,1-2H3,(H,20,23). The van der Waals surface area contributed by atoms with E-state index in [0.29, 0.717) is 22.1 Å². The van der Waals surface area contributed by atoms with Gasteiger partial charge in [0.25, 0.3) is 5.56 Å². The van der Waals surface area contributed by atoms with Gasteiger partial charge in [-0.15, -0.1) is 11.3 Å². The Balaban J connectivity index is 1.65. The van der Waals surface area contributed by atoms with Crippen molar-refractivity contribution in [2.45, 2.75) is 25.0 Å². The summed E-state index contributed by atoms with van der Waals surface area (Å²) in [7, 11) is 1.69. The predicted molar refractivity (Wildman–Crippen MR) is 108 cm³/mol. The summed E-state index contributed by atoms with van der Waals surface area (Å²) in [5, 5.41) is 4.72. The van der Waals surface area contributed by atoms with Gasteiger partial charge in [0.05, 0.1) is 11.1 Å². The Bertz CT molecular complexity index is 996. The third-order valence-electron chi connectivity index (χ3n) is 3.87. The maximum absolute atomic E-state index is 12.5. The Labute approximate surface area is 164 Å². The second-order valence-corrected chi connectivity index (χ2v) is 8.23. The molecule has 0 radical (unpaired) electrons. The first-order chi connectivity index (χ1) is 12.5. The van der Waals surface area contributed by atoms with Crippen LogP contribution in [-0.4, -0.2) is 21.2 Å². The van der Waals surface area contributed by atoms with Crippen LogP contribution in [0.3, 0.4) is 0 Å². The smallest absolute Gasteiger partial charge is 0.262 e. The van der Waals surface area contributed by atoms with Gasteiger partial charge in [-0.05, 0) is 30.2 Å². The van der Waals surface area contributed by atoms with Crippen molar-refractivity contribution >= 4 is 50.8 Å². The minimum atomic E-state index is -0.111. The van der Waals surface area contributed by atoms with Gasteiger partial charge in [0.2, 0.25) is 5.91 Å². The highest BCUT2D eigenvalue weighted by molar-refractivity contribution is 7.99. The zero-order chi connectivity index (χ0) is 18.7. The molecule has 2 aromatic heterocycles. The molecule has 0 aliphatic heterocycles. The normalized spacial score (nSPS) is 11.0. The van der Waals surface area contributed by atoms with Gasteiger partial charge in [0, 0.05) is 23.5 Å². The van der Waals surface area contributed by atoms with E-state index in [1.54, 1.807) is 19.2 Å². The third kappa shape index (κ3) is 4.28. The zero-order valence-corrected chi connectivity index (χ0v) is 16.8. The molecule has 0 spiro atoms. The van der Waals surface area contributed by atoms with E-state index in [4.69, 9.17) is 11.6 Å². The number of fused-ring (bicyclic) bond motifs is 1. The largest absolute Gasteiger partial charge is 0.351 e. The summed E-state index contributed by atoms with van der Waals surface area (Å²) in [5.74, 6) is 0.0884. The average Bonchev–Trinajstić information content (AvgIpc) is 3.06. The monoisotopic (exact) mass is 407 g/mol. The Kier molecular flexibility index (Phi) is 6.01. The lowest BCUT2D eigenvalue weighted by Gasteiger charge is -2.08. The first-order valence-electron chi connectivity index (χ1n) is 8.11. The molecule has 2 heterocycles. The van der Waals surface area contributed by atoms with E-state index in [2.05, 4.69) is 17.2 Å². The Morgan fingerprint density at radius 3 is 2.77 bits per heavy atom. The molecule has 5 nitrogen and oxygen atoms in total. The van der Waals surface area contributed by atoms with Gasteiger partial charge in [0.15, 0.2) is 5.16 Å². The third-order valence-corrected chi connectivity index (χ3v) is 6.32. The topological polar surface area (TPSA) is 64.0 Å². The molecule has 0 atom stereocenters. The van der Waals surface area contributed by atoms with Crippen LogP contribution >= 0.6 is 34.7 Å². The molecule has 136 valence electrons. The Hall–Kier alpha value is -1.83. The van der Waals surface area contributed by atoms with Crippen LogP contribution in [0.15, 0.2) is 40.3 Å². The lowest BCUT2D eigenvalue weighted by atomic mass is 10.2. The summed E-state index contributed by atoms with van der Waals surface area (Å²) in [6.07, 6.45) is 0.875. The molecular weight excluding hydrogens is 390 g/mol. The second kappa shape index (κ2) is 8.24. The molecular formula is C18H18ClN3O2S2. The van der Waals surface area contributed by atoms with E-state index < -0.39 is 0 Å². The number of amides is 1. The van der Waals surface area contributed by atoms with E-state index in [1.165, 1.54) is 27.7 Å². The molecule has 3 rings (SSSR count). The van der Waals surface area contributed by atoms with E-state index >= 15 is 0 Å². The highest BCUT2D eigenvalue weighted by Crippen LogP contribution is 2.24. The molecule has 0 aliphatic rings. The first-order valence-corrected chi connectivity index (χ1v) is 10.3. The maximum Gasteiger partial charge on any atom is 0.262 e. The van der Waals surface area contributed by atoms with Gasteiger partial charge in [-0.2, -0.15) is 0 Å². The van der Waals surface area contributed by atoms with E-state index in [9.17, 15) is 9.59 Å². The number of halogens is 1. The van der Waals surface area contributed by atoms with Crippen molar-refractivity contribution in [2.24, 2.45) is 7.05 Å². The molecule has 0 saturated heterocycles. The SMILES string of the molecule is CCc1cc2c(=O)n(C)c(SCC(=O)NCc3ccc(Cl)cc3)nc2s1. The van der Waals surface area contributed by atoms with E-state index in [-0.39, 0.29) is 17.2 Å². The summed E-state index contributed by atoms with van der Waals surface area (Å²) in [5.41, 5.74) is 0.903. The number of thiophene rings is 1. The van der Waals surface area contributed by atoms with Crippen molar-refractivity contribution in [1.82, 2.24) is 14.9 Å². The maximum atomic E-state index is 12.5. The molecule has 1 N–H and O–H groups in total. The van der Waals surface area contributed by atoms with Gasteiger partial charge in [-0.25, -0.2) is 4.98 Å². The summed E-state index contributed by atoms with van der Waals surface area (Å²) in [6, 6.07) is 9.23. The molecule has 0 aliphatic carbocycles. The molecule has 0 saturated carbocycles. The minimum Gasteiger partial charge on any atom is -0.351 e. The number of rotatable bonds is 6. The molecule has 26 heavy (non-hydrogen) atoms. The van der Waals surface area contributed by atoms with Crippen LogP contribution in [0.5, 0.6) is 0 Å². The number of benzene rings is 1. The number of nitrogens with one attached hydrogen (secondary N) is 1. The molecule has 1 aromatic carbocycles. The number of carbonyl (C=O) groups excluding carboxylic acids is 1. The van der Waals surface area contributed by atoms with Crippen LogP contribution in [0.1, 0.15) is 17.4 Å². The molecule has 0 bridgehead atoms. The fourth-order valence-corrected chi connectivity index (χ4v) is 4.32. The Morgan fingerprint density at radius 1 is 1.35 bits per heavy atom. The van der Waals surface area contributed by atoms with Gasteiger partial charge in [0.1, 0.15) is 4.83 Å². The van der Waals surface area contributed by atoms with Crippen molar-refractivity contribution < 1.29 is 4.79 Å². The average molecular weight is 408 g/mol. The number of nitrogens with zero attached hydrogens (tertiary/aromatic N) is 2. The number of hydrogen-bond acceptors (Lipinski definition) is 5.